The van der Waals surface area contributed by atoms with E-state index >= 15 is 0 Å². The van der Waals surface area contributed by atoms with Crippen molar-refractivity contribution in [3.05, 3.63) is 20.0 Å². The lowest BCUT2D eigenvalue weighted by Gasteiger charge is -2.21. The molecule has 0 bridgehead atoms. The van der Waals surface area contributed by atoms with E-state index in [-0.39, 0.29) is 27.3 Å². The third-order valence-corrected chi connectivity index (χ3v) is 4.89. The molecule has 9 heteroatoms. The second kappa shape index (κ2) is 6.06. The van der Waals surface area contributed by atoms with Crippen molar-refractivity contribution in [2.75, 3.05) is 5.73 Å². The number of H-pyrrole nitrogens is 1. The summed E-state index contributed by atoms with van der Waals surface area (Å²) in [6.07, 6.45) is 0.463. The van der Waals surface area contributed by atoms with Crippen molar-refractivity contribution in [1.82, 2.24) is 14.5 Å². The minimum atomic E-state index is -0.568. The molecule has 3 rings (SSSR count). The van der Waals surface area contributed by atoms with Crippen LogP contribution >= 0.6 is 11.3 Å². The Morgan fingerprint density at radius 1 is 1.48 bits per heavy atom. The van der Waals surface area contributed by atoms with Gasteiger partial charge in [0.05, 0.1) is 12.2 Å². The topological polar surface area (TPSA) is 123 Å². The summed E-state index contributed by atoms with van der Waals surface area (Å²) in [5, 5.41) is 10.2. The van der Waals surface area contributed by atoms with Crippen LogP contribution in [0, 0.1) is 5.92 Å². The number of anilines is 1. The van der Waals surface area contributed by atoms with Gasteiger partial charge in [0.2, 0.25) is 5.95 Å². The SMILES string of the molecule is CC(C)CC(O)C1CCC(n2c(=O)sc3c(=O)[nH]c(N)nc32)O1. The maximum absolute atomic E-state index is 12.2. The Kier molecular flexibility index (Phi) is 4.26. The molecule has 23 heavy (non-hydrogen) atoms. The van der Waals surface area contributed by atoms with E-state index in [0.717, 1.165) is 11.3 Å². The fraction of sp³-hybridized carbons (Fsp3) is 0.643. The van der Waals surface area contributed by atoms with Gasteiger partial charge in [-0.3, -0.25) is 19.1 Å². The number of hydrogen-bond acceptors (Lipinski definition) is 7. The number of nitrogens with two attached hydrogens (primary N) is 1. The van der Waals surface area contributed by atoms with Crippen LogP contribution in [-0.2, 0) is 4.74 Å². The first-order valence-electron chi connectivity index (χ1n) is 7.61. The van der Waals surface area contributed by atoms with E-state index in [2.05, 4.69) is 9.97 Å². The number of aliphatic hydroxyl groups excluding tert-OH is 1. The molecule has 0 radical (unpaired) electrons. The molecule has 1 aliphatic heterocycles. The lowest BCUT2D eigenvalue weighted by atomic mass is 10.0. The summed E-state index contributed by atoms with van der Waals surface area (Å²) in [5.74, 6) is 0.320. The molecule has 0 aromatic carbocycles. The summed E-state index contributed by atoms with van der Waals surface area (Å²) in [4.78, 5) is 30.3. The van der Waals surface area contributed by atoms with Gasteiger partial charge in [0.1, 0.15) is 10.9 Å². The van der Waals surface area contributed by atoms with Gasteiger partial charge in [-0.2, -0.15) is 4.98 Å². The van der Waals surface area contributed by atoms with Crippen LogP contribution < -0.4 is 16.2 Å². The van der Waals surface area contributed by atoms with Crippen molar-refractivity contribution in [1.29, 1.82) is 0 Å². The van der Waals surface area contributed by atoms with Gasteiger partial charge in [0.25, 0.3) is 5.56 Å². The van der Waals surface area contributed by atoms with E-state index in [1.165, 1.54) is 4.57 Å². The number of hydrogen-bond donors (Lipinski definition) is 3. The van der Waals surface area contributed by atoms with Crippen molar-refractivity contribution < 1.29 is 9.84 Å². The molecule has 0 spiro atoms. The number of ether oxygens (including phenoxy) is 1. The average Bonchev–Trinajstić information content (AvgIpc) is 3.02. The number of nitrogens with one attached hydrogen (secondary N) is 1. The highest BCUT2D eigenvalue weighted by molar-refractivity contribution is 7.16. The third-order valence-electron chi connectivity index (χ3n) is 3.95. The van der Waals surface area contributed by atoms with Gasteiger partial charge in [-0.15, -0.1) is 0 Å². The molecule has 3 atom stereocenters. The van der Waals surface area contributed by atoms with Crippen LogP contribution in [0.2, 0.25) is 0 Å². The van der Waals surface area contributed by atoms with E-state index in [4.69, 9.17) is 10.5 Å². The van der Waals surface area contributed by atoms with Gasteiger partial charge >= 0.3 is 4.87 Å². The second-order valence-corrected chi connectivity index (χ2v) is 7.21. The van der Waals surface area contributed by atoms with Crippen LogP contribution in [0.5, 0.6) is 0 Å². The minimum Gasteiger partial charge on any atom is -0.390 e. The first-order valence-corrected chi connectivity index (χ1v) is 8.42. The maximum atomic E-state index is 12.2. The fourth-order valence-electron chi connectivity index (χ4n) is 2.95. The molecular weight excluding hydrogens is 320 g/mol. The zero-order chi connectivity index (χ0) is 16.7. The molecule has 8 nitrogen and oxygen atoms in total. The molecule has 1 fully saturated rings. The van der Waals surface area contributed by atoms with Gasteiger partial charge in [-0.1, -0.05) is 25.2 Å². The highest BCUT2D eigenvalue weighted by Gasteiger charge is 2.34. The Bertz CT molecular complexity index is 824. The molecule has 2 aromatic heterocycles. The zero-order valence-electron chi connectivity index (χ0n) is 13.0. The van der Waals surface area contributed by atoms with Crippen molar-refractivity contribution >= 4 is 27.6 Å². The minimum absolute atomic E-state index is 0.0385. The molecule has 0 saturated carbocycles. The van der Waals surface area contributed by atoms with Crippen molar-refractivity contribution in [2.45, 2.75) is 51.5 Å². The Labute approximate surface area is 135 Å². The van der Waals surface area contributed by atoms with Crippen LogP contribution in [0.1, 0.15) is 39.3 Å². The van der Waals surface area contributed by atoms with Gasteiger partial charge in [0, 0.05) is 0 Å². The van der Waals surface area contributed by atoms with Crippen LogP contribution in [0.4, 0.5) is 5.95 Å². The lowest BCUT2D eigenvalue weighted by Crippen LogP contribution is -2.28. The van der Waals surface area contributed by atoms with E-state index in [9.17, 15) is 14.7 Å². The number of nitrogens with zero attached hydrogens (tertiary/aromatic N) is 2. The number of rotatable bonds is 4. The molecule has 2 aromatic rings. The number of aromatic nitrogens is 3. The normalized spacial score (nSPS) is 23.0. The Hall–Kier alpha value is -1.71. The summed E-state index contributed by atoms with van der Waals surface area (Å²) in [7, 11) is 0. The van der Waals surface area contributed by atoms with E-state index in [1.807, 2.05) is 13.8 Å². The molecule has 3 unspecified atom stereocenters. The van der Waals surface area contributed by atoms with Gasteiger partial charge < -0.3 is 15.6 Å². The van der Waals surface area contributed by atoms with E-state index < -0.39 is 17.9 Å². The lowest BCUT2D eigenvalue weighted by molar-refractivity contribution is -0.0638. The van der Waals surface area contributed by atoms with E-state index in [0.29, 0.717) is 25.2 Å². The zero-order valence-corrected chi connectivity index (χ0v) is 13.8. The standard InChI is InChI=1S/C14H20N4O4S/c1-6(2)5-7(19)8-3-4-9(22-8)18-11-10(23-14(18)21)12(20)17-13(15)16-11/h6-9,19H,3-5H2,1-2H3,(H3,15,16,17,20). The monoisotopic (exact) mass is 340 g/mol. The van der Waals surface area contributed by atoms with Crippen LogP contribution in [0.3, 0.4) is 0 Å². The molecule has 1 saturated heterocycles. The Balaban J connectivity index is 1.92. The largest absolute Gasteiger partial charge is 0.390 e. The molecular formula is C14H20N4O4S. The third kappa shape index (κ3) is 3.04. The molecule has 3 heterocycles. The molecule has 0 aliphatic carbocycles. The fourth-order valence-corrected chi connectivity index (χ4v) is 3.81. The van der Waals surface area contributed by atoms with Gasteiger partial charge in [-0.05, 0) is 25.2 Å². The quantitative estimate of drug-likeness (QED) is 0.757. The highest BCUT2D eigenvalue weighted by atomic mass is 32.1. The number of nitrogen functional groups attached to an aromatic ring is 1. The van der Waals surface area contributed by atoms with Crippen LogP contribution in [-0.4, -0.2) is 31.8 Å². The summed E-state index contributed by atoms with van der Waals surface area (Å²) >= 11 is 0.824. The van der Waals surface area contributed by atoms with Gasteiger partial charge in [0.15, 0.2) is 5.65 Å². The molecule has 0 amide bonds. The maximum Gasteiger partial charge on any atom is 0.311 e. The number of thiazole rings is 1. The predicted molar refractivity (Wildman–Crippen MR) is 87.5 cm³/mol. The number of aromatic amines is 1. The highest BCUT2D eigenvalue weighted by Crippen LogP contribution is 2.32. The summed E-state index contributed by atoms with van der Waals surface area (Å²) in [6, 6.07) is 0. The smallest absolute Gasteiger partial charge is 0.311 e. The first kappa shape index (κ1) is 16.2. The summed E-state index contributed by atoms with van der Waals surface area (Å²) in [5.41, 5.74) is 5.39. The van der Waals surface area contributed by atoms with E-state index in [1.54, 1.807) is 0 Å². The van der Waals surface area contributed by atoms with Gasteiger partial charge in [-0.25, -0.2) is 0 Å². The summed E-state index contributed by atoms with van der Waals surface area (Å²) in [6.45, 7) is 4.07. The average molecular weight is 340 g/mol. The number of aliphatic hydroxyl groups is 1. The second-order valence-electron chi connectivity index (χ2n) is 6.25. The molecule has 1 aliphatic rings. The Morgan fingerprint density at radius 2 is 2.22 bits per heavy atom. The predicted octanol–water partition coefficient (Wildman–Crippen LogP) is 0.813. The summed E-state index contributed by atoms with van der Waals surface area (Å²) < 4.78 is 7.47. The number of fused-ring (bicyclic) bond motifs is 1. The Morgan fingerprint density at radius 3 is 2.91 bits per heavy atom. The molecule has 4 N–H and O–H groups in total. The molecule has 126 valence electrons. The van der Waals surface area contributed by atoms with Crippen LogP contribution in [0.25, 0.3) is 10.3 Å². The van der Waals surface area contributed by atoms with Crippen LogP contribution in [0.15, 0.2) is 9.59 Å². The van der Waals surface area contributed by atoms with Crippen molar-refractivity contribution in [3.63, 3.8) is 0 Å². The van der Waals surface area contributed by atoms with Crippen molar-refractivity contribution in [2.24, 2.45) is 5.92 Å². The van der Waals surface area contributed by atoms with Crippen molar-refractivity contribution in [3.8, 4) is 0 Å². The first-order chi connectivity index (χ1) is 10.9.